The van der Waals surface area contributed by atoms with E-state index in [0.29, 0.717) is 18.9 Å². The number of piperidine rings is 1. The first kappa shape index (κ1) is 22.3. The van der Waals surface area contributed by atoms with Gasteiger partial charge in [0.1, 0.15) is 5.60 Å². The molecule has 0 aliphatic carbocycles. The zero-order valence-corrected chi connectivity index (χ0v) is 19.1. The van der Waals surface area contributed by atoms with E-state index in [1.165, 1.54) is 0 Å². The van der Waals surface area contributed by atoms with E-state index in [0.717, 1.165) is 47.8 Å². The lowest BCUT2D eigenvalue weighted by Gasteiger charge is -2.32. The molecule has 2 aromatic rings. The Balaban J connectivity index is 1.42. The van der Waals surface area contributed by atoms with Crippen LogP contribution in [0.15, 0.2) is 29.6 Å². The number of ether oxygens (including phenoxy) is 1. The number of aromatic nitrogens is 1. The van der Waals surface area contributed by atoms with E-state index in [9.17, 15) is 9.59 Å². The number of thiazole rings is 1. The summed E-state index contributed by atoms with van der Waals surface area (Å²) in [5, 5.41) is 5.95. The zero-order chi connectivity index (χ0) is 21.7. The van der Waals surface area contributed by atoms with Gasteiger partial charge in [0.25, 0.3) is 0 Å². The first-order chi connectivity index (χ1) is 14.2. The van der Waals surface area contributed by atoms with Crippen molar-refractivity contribution < 1.29 is 14.3 Å². The number of hydrogen-bond acceptors (Lipinski definition) is 5. The molecule has 30 heavy (non-hydrogen) atoms. The van der Waals surface area contributed by atoms with Crippen molar-refractivity contribution in [1.29, 1.82) is 0 Å². The number of aryl methyl sites for hydroxylation is 1. The summed E-state index contributed by atoms with van der Waals surface area (Å²) >= 11 is 1.64. The second-order valence-corrected chi connectivity index (χ2v) is 9.89. The molecule has 0 unspecified atom stereocenters. The monoisotopic (exact) mass is 429 g/mol. The van der Waals surface area contributed by atoms with Crippen LogP contribution in [0.4, 0.5) is 4.79 Å². The maximum absolute atomic E-state index is 12.7. The fraction of sp³-hybridized carbons (Fsp3) is 0.522. The van der Waals surface area contributed by atoms with Gasteiger partial charge in [-0.15, -0.1) is 11.3 Å². The minimum atomic E-state index is -0.489. The number of nitrogens with zero attached hydrogens (tertiary/aromatic N) is 2. The van der Waals surface area contributed by atoms with E-state index in [2.05, 4.69) is 15.7 Å². The van der Waals surface area contributed by atoms with Gasteiger partial charge in [-0.2, -0.15) is 0 Å². The van der Waals surface area contributed by atoms with Crippen molar-refractivity contribution >= 4 is 23.3 Å². The molecule has 162 valence electrons. The third-order valence-corrected chi connectivity index (χ3v) is 5.90. The predicted octanol–water partition coefficient (Wildman–Crippen LogP) is 4.42. The van der Waals surface area contributed by atoms with Crippen molar-refractivity contribution in [3.63, 3.8) is 0 Å². The lowest BCUT2D eigenvalue weighted by Crippen LogP contribution is -2.42. The Bertz CT molecular complexity index is 863. The quantitative estimate of drug-likeness (QED) is 0.763. The number of carbonyl (C=O) groups is 2. The van der Waals surface area contributed by atoms with Crippen LogP contribution in [0.3, 0.4) is 0 Å². The molecular weight excluding hydrogens is 398 g/mol. The fourth-order valence-electron chi connectivity index (χ4n) is 3.50. The third-order valence-electron chi connectivity index (χ3n) is 5.13. The Kier molecular flexibility index (Phi) is 7.13. The van der Waals surface area contributed by atoms with Gasteiger partial charge in [0.05, 0.1) is 17.1 Å². The average Bonchev–Trinajstić information content (AvgIpc) is 3.12. The van der Waals surface area contributed by atoms with Crippen LogP contribution in [0.1, 0.15) is 44.2 Å². The van der Waals surface area contributed by atoms with Crippen molar-refractivity contribution in [3.8, 4) is 11.3 Å². The summed E-state index contributed by atoms with van der Waals surface area (Å²) in [4.78, 5) is 30.9. The third kappa shape index (κ3) is 6.55. The molecule has 1 saturated heterocycles. The van der Waals surface area contributed by atoms with Gasteiger partial charge in [-0.05, 0) is 52.0 Å². The van der Waals surface area contributed by atoms with E-state index in [1.807, 2.05) is 56.9 Å². The number of rotatable bonds is 5. The summed E-state index contributed by atoms with van der Waals surface area (Å²) in [6.07, 6.45) is 1.82. The lowest BCUT2D eigenvalue weighted by atomic mass is 9.96. The lowest BCUT2D eigenvalue weighted by molar-refractivity contribution is -0.131. The van der Waals surface area contributed by atoms with Gasteiger partial charge in [-0.3, -0.25) is 4.79 Å². The summed E-state index contributed by atoms with van der Waals surface area (Å²) in [7, 11) is 0. The molecule has 0 spiro atoms. The van der Waals surface area contributed by atoms with Crippen molar-refractivity contribution in [3.05, 3.63) is 40.2 Å². The van der Waals surface area contributed by atoms with Crippen molar-refractivity contribution in [2.24, 2.45) is 5.92 Å². The van der Waals surface area contributed by atoms with Crippen LogP contribution in [0.25, 0.3) is 11.3 Å². The van der Waals surface area contributed by atoms with Gasteiger partial charge in [0.2, 0.25) is 5.91 Å². The summed E-state index contributed by atoms with van der Waals surface area (Å²) in [5.74, 6) is 0.535. The van der Waals surface area contributed by atoms with Crippen LogP contribution in [-0.4, -0.2) is 47.1 Å². The van der Waals surface area contributed by atoms with Gasteiger partial charge >= 0.3 is 6.09 Å². The SMILES string of the molecule is Cc1nc(-c2ccc(CC(=O)N3CCC(CNC(=O)OC(C)(C)C)CC3)cc2)cs1. The minimum Gasteiger partial charge on any atom is -0.444 e. The molecule has 2 amide bonds. The van der Waals surface area contributed by atoms with Crippen LogP contribution in [0.5, 0.6) is 0 Å². The summed E-state index contributed by atoms with van der Waals surface area (Å²) in [5.41, 5.74) is 2.59. The molecule has 1 aliphatic heterocycles. The van der Waals surface area contributed by atoms with E-state index >= 15 is 0 Å². The molecule has 1 aromatic carbocycles. The maximum atomic E-state index is 12.7. The van der Waals surface area contributed by atoms with Gasteiger partial charge in [0, 0.05) is 30.6 Å². The van der Waals surface area contributed by atoms with Gasteiger partial charge in [-0.1, -0.05) is 24.3 Å². The van der Waals surface area contributed by atoms with E-state index < -0.39 is 5.60 Å². The number of amides is 2. The highest BCUT2D eigenvalue weighted by Crippen LogP contribution is 2.23. The highest BCUT2D eigenvalue weighted by molar-refractivity contribution is 7.09. The molecule has 6 nitrogen and oxygen atoms in total. The standard InChI is InChI=1S/C23H31N3O3S/c1-16-25-20(15-30-16)19-7-5-17(6-8-19)13-21(27)26-11-9-18(10-12-26)14-24-22(28)29-23(2,3)4/h5-8,15,18H,9-14H2,1-4H3,(H,24,28). The summed E-state index contributed by atoms with van der Waals surface area (Å²) in [6, 6.07) is 8.09. The van der Waals surface area contributed by atoms with E-state index in [1.54, 1.807) is 11.3 Å². The first-order valence-corrected chi connectivity index (χ1v) is 11.3. The smallest absolute Gasteiger partial charge is 0.407 e. The van der Waals surface area contributed by atoms with Crippen molar-refractivity contribution in [2.45, 2.75) is 52.6 Å². The Morgan fingerprint density at radius 1 is 1.20 bits per heavy atom. The topological polar surface area (TPSA) is 71.5 Å². The molecule has 1 aromatic heterocycles. The largest absolute Gasteiger partial charge is 0.444 e. The maximum Gasteiger partial charge on any atom is 0.407 e. The van der Waals surface area contributed by atoms with Crippen molar-refractivity contribution in [2.75, 3.05) is 19.6 Å². The fourth-order valence-corrected chi connectivity index (χ4v) is 4.13. The second-order valence-electron chi connectivity index (χ2n) is 8.83. The molecule has 7 heteroatoms. The molecule has 0 radical (unpaired) electrons. The Morgan fingerprint density at radius 3 is 2.43 bits per heavy atom. The van der Waals surface area contributed by atoms with Crippen LogP contribution < -0.4 is 5.32 Å². The zero-order valence-electron chi connectivity index (χ0n) is 18.2. The highest BCUT2D eigenvalue weighted by Gasteiger charge is 2.24. The number of carbonyl (C=O) groups excluding carboxylic acids is 2. The molecule has 0 saturated carbocycles. The first-order valence-electron chi connectivity index (χ1n) is 10.5. The number of nitrogens with one attached hydrogen (secondary N) is 1. The molecule has 1 aliphatic rings. The van der Waals surface area contributed by atoms with Gasteiger partial charge in [0.15, 0.2) is 0 Å². The van der Waals surface area contributed by atoms with Crippen LogP contribution in [0, 0.1) is 12.8 Å². The highest BCUT2D eigenvalue weighted by atomic mass is 32.1. The van der Waals surface area contributed by atoms with Gasteiger partial charge in [-0.25, -0.2) is 9.78 Å². The molecule has 1 N–H and O–H groups in total. The predicted molar refractivity (Wildman–Crippen MR) is 120 cm³/mol. The second kappa shape index (κ2) is 9.60. The molecule has 2 heterocycles. The molecule has 0 bridgehead atoms. The van der Waals surface area contributed by atoms with Crippen LogP contribution in [-0.2, 0) is 16.0 Å². The Morgan fingerprint density at radius 2 is 1.87 bits per heavy atom. The molecular formula is C23H31N3O3S. The summed E-state index contributed by atoms with van der Waals surface area (Å²) < 4.78 is 5.27. The molecule has 1 fully saturated rings. The normalized spacial score (nSPS) is 15.1. The average molecular weight is 430 g/mol. The molecule has 0 atom stereocenters. The summed E-state index contributed by atoms with van der Waals surface area (Å²) in [6.45, 7) is 9.61. The molecule has 3 rings (SSSR count). The van der Waals surface area contributed by atoms with Crippen molar-refractivity contribution in [1.82, 2.24) is 15.2 Å². The Labute approximate surface area is 182 Å². The van der Waals surface area contributed by atoms with E-state index in [4.69, 9.17) is 4.74 Å². The number of alkyl carbamates (subject to hydrolysis) is 1. The number of hydrogen-bond donors (Lipinski definition) is 1. The van der Waals surface area contributed by atoms with Crippen LogP contribution in [0.2, 0.25) is 0 Å². The number of benzene rings is 1. The van der Waals surface area contributed by atoms with Gasteiger partial charge < -0.3 is 15.0 Å². The minimum absolute atomic E-state index is 0.158. The number of likely N-dealkylation sites (tertiary alicyclic amines) is 1. The Hall–Kier alpha value is -2.41. The van der Waals surface area contributed by atoms with E-state index in [-0.39, 0.29) is 12.0 Å². The van der Waals surface area contributed by atoms with Crippen LogP contribution >= 0.6 is 11.3 Å².